The second kappa shape index (κ2) is 13.1. The molecule has 0 radical (unpaired) electrons. The number of carboxylic acids is 1. The number of unbranched alkanes of at least 4 members (excludes halogenated alkanes) is 1. The van der Waals surface area contributed by atoms with Crippen LogP contribution in [-0.4, -0.2) is 60.5 Å². The molecule has 0 fully saturated rings. The molecule has 0 spiro atoms. The first-order valence-electron chi connectivity index (χ1n) is 8.76. The van der Waals surface area contributed by atoms with E-state index in [0.29, 0.717) is 32.2 Å². The van der Waals surface area contributed by atoms with Gasteiger partial charge < -0.3 is 32.5 Å². The fourth-order valence-corrected chi connectivity index (χ4v) is 2.19. The Labute approximate surface area is 153 Å². The molecule has 0 aliphatic heterocycles. The molecular formula is C16H31N5O5. The van der Waals surface area contributed by atoms with Gasteiger partial charge in [0.05, 0.1) is 13.1 Å². The molecule has 8 N–H and O–H groups in total. The quantitative estimate of drug-likeness (QED) is 0.208. The summed E-state index contributed by atoms with van der Waals surface area (Å²) in [5.41, 5.74) is 10.6. The third-order valence-corrected chi connectivity index (χ3v) is 4.01. The van der Waals surface area contributed by atoms with Gasteiger partial charge in [-0.05, 0) is 31.7 Å². The zero-order valence-corrected chi connectivity index (χ0v) is 15.4. The second-order valence-corrected chi connectivity index (χ2v) is 6.10. The number of amides is 3. The highest BCUT2D eigenvalue weighted by molar-refractivity contribution is 5.92. The monoisotopic (exact) mass is 373 g/mol. The predicted molar refractivity (Wildman–Crippen MR) is 95.9 cm³/mol. The smallest absolute Gasteiger partial charge is 0.326 e. The molecule has 0 rings (SSSR count). The van der Waals surface area contributed by atoms with Gasteiger partial charge in [-0.3, -0.25) is 14.4 Å². The third-order valence-electron chi connectivity index (χ3n) is 4.01. The van der Waals surface area contributed by atoms with Crippen molar-refractivity contribution in [2.45, 2.75) is 51.6 Å². The number of rotatable bonds is 13. The zero-order chi connectivity index (χ0) is 20.1. The number of hydrogen-bond acceptors (Lipinski definition) is 6. The Morgan fingerprint density at radius 2 is 1.69 bits per heavy atom. The first-order chi connectivity index (χ1) is 12.3. The van der Waals surface area contributed by atoms with Gasteiger partial charge in [0.25, 0.3) is 0 Å². The Morgan fingerprint density at radius 1 is 1.04 bits per heavy atom. The summed E-state index contributed by atoms with van der Waals surface area (Å²) in [4.78, 5) is 46.9. The van der Waals surface area contributed by atoms with E-state index < -0.39 is 35.8 Å². The van der Waals surface area contributed by atoms with Gasteiger partial charge in [-0.15, -0.1) is 0 Å². The molecule has 10 heteroatoms. The summed E-state index contributed by atoms with van der Waals surface area (Å²) < 4.78 is 0. The van der Waals surface area contributed by atoms with Crippen molar-refractivity contribution in [2.24, 2.45) is 17.4 Å². The van der Waals surface area contributed by atoms with Crippen molar-refractivity contribution in [1.29, 1.82) is 0 Å². The summed E-state index contributed by atoms with van der Waals surface area (Å²) in [5.74, 6) is -3.02. The van der Waals surface area contributed by atoms with Gasteiger partial charge in [-0.2, -0.15) is 0 Å². The highest BCUT2D eigenvalue weighted by Crippen LogP contribution is 2.09. The molecule has 0 aliphatic rings. The van der Waals surface area contributed by atoms with Gasteiger partial charge in [0.15, 0.2) is 0 Å². The molecule has 3 unspecified atom stereocenters. The van der Waals surface area contributed by atoms with Crippen LogP contribution >= 0.6 is 0 Å². The maximum absolute atomic E-state index is 12.5. The van der Waals surface area contributed by atoms with E-state index in [1.54, 1.807) is 6.92 Å². The van der Waals surface area contributed by atoms with Crippen LogP contribution in [0, 0.1) is 5.92 Å². The summed E-state index contributed by atoms with van der Waals surface area (Å²) in [6.07, 6.45) is 2.14. The van der Waals surface area contributed by atoms with Crippen molar-refractivity contribution in [3.8, 4) is 0 Å². The van der Waals surface area contributed by atoms with Gasteiger partial charge in [0.1, 0.15) is 12.1 Å². The first kappa shape index (κ1) is 23.8. The van der Waals surface area contributed by atoms with Gasteiger partial charge in [-0.25, -0.2) is 4.79 Å². The molecule has 0 saturated carbocycles. The Bertz CT molecular complexity index is 486. The fraction of sp³-hybridized carbons (Fsp3) is 0.750. The van der Waals surface area contributed by atoms with E-state index >= 15 is 0 Å². The topological polar surface area (TPSA) is 177 Å². The molecule has 26 heavy (non-hydrogen) atoms. The van der Waals surface area contributed by atoms with Crippen LogP contribution in [0.25, 0.3) is 0 Å². The van der Waals surface area contributed by atoms with Gasteiger partial charge in [0.2, 0.25) is 17.7 Å². The van der Waals surface area contributed by atoms with Crippen molar-refractivity contribution in [2.75, 3.05) is 19.6 Å². The summed E-state index contributed by atoms with van der Waals surface area (Å²) in [7, 11) is 0. The maximum Gasteiger partial charge on any atom is 0.326 e. The molecule has 0 aromatic heterocycles. The molecule has 0 saturated heterocycles. The van der Waals surface area contributed by atoms with E-state index in [1.807, 2.05) is 6.92 Å². The van der Waals surface area contributed by atoms with Crippen LogP contribution in [0.4, 0.5) is 0 Å². The largest absolute Gasteiger partial charge is 0.480 e. The predicted octanol–water partition coefficient (Wildman–Crippen LogP) is -1.71. The van der Waals surface area contributed by atoms with Gasteiger partial charge in [0, 0.05) is 0 Å². The summed E-state index contributed by atoms with van der Waals surface area (Å²) in [5, 5.41) is 16.6. The van der Waals surface area contributed by atoms with Crippen molar-refractivity contribution in [1.82, 2.24) is 16.0 Å². The molecule has 10 nitrogen and oxygen atoms in total. The highest BCUT2D eigenvalue weighted by Gasteiger charge is 2.29. The van der Waals surface area contributed by atoms with E-state index in [2.05, 4.69) is 16.0 Å². The van der Waals surface area contributed by atoms with E-state index in [-0.39, 0.29) is 19.0 Å². The van der Waals surface area contributed by atoms with Crippen LogP contribution in [0.2, 0.25) is 0 Å². The lowest BCUT2D eigenvalue weighted by molar-refractivity contribution is -0.143. The van der Waals surface area contributed by atoms with Crippen LogP contribution < -0.4 is 27.4 Å². The Hall–Kier alpha value is -2.20. The third kappa shape index (κ3) is 9.33. The first-order valence-corrected chi connectivity index (χ1v) is 8.76. The van der Waals surface area contributed by atoms with E-state index in [0.717, 1.165) is 0 Å². The highest BCUT2D eigenvalue weighted by atomic mass is 16.4. The summed E-state index contributed by atoms with van der Waals surface area (Å²) in [6, 6.07) is -1.95. The van der Waals surface area contributed by atoms with Gasteiger partial charge in [-0.1, -0.05) is 20.3 Å². The SMILES string of the molecule is CCC(C)C(NC(=O)C(CCCCN)NC(=O)CNC(=O)CN)C(=O)O. The molecule has 0 aromatic rings. The number of carboxylic acid groups (broad SMARTS) is 1. The average Bonchev–Trinajstić information content (AvgIpc) is 2.62. The van der Waals surface area contributed by atoms with E-state index in [9.17, 15) is 24.3 Å². The molecule has 150 valence electrons. The number of carbonyl (C=O) groups is 4. The molecule has 0 aliphatic carbocycles. The average molecular weight is 373 g/mol. The molecule has 0 aromatic carbocycles. The van der Waals surface area contributed by atoms with Gasteiger partial charge >= 0.3 is 5.97 Å². The van der Waals surface area contributed by atoms with Crippen LogP contribution in [0.15, 0.2) is 0 Å². The molecule has 3 atom stereocenters. The zero-order valence-electron chi connectivity index (χ0n) is 15.4. The minimum absolute atomic E-state index is 0.247. The van der Waals surface area contributed by atoms with Crippen LogP contribution in [0.5, 0.6) is 0 Å². The molecule has 3 amide bonds. The Balaban J connectivity index is 4.91. The standard InChI is InChI=1S/C16H31N5O5/c1-3-10(2)14(16(25)26)21-15(24)11(6-4-5-7-17)20-13(23)9-19-12(22)8-18/h10-11,14H,3-9,17-18H2,1-2H3,(H,19,22)(H,20,23)(H,21,24)(H,25,26). The number of nitrogens with two attached hydrogens (primary N) is 2. The maximum atomic E-state index is 12.5. The Morgan fingerprint density at radius 3 is 2.19 bits per heavy atom. The molecular weight excluding hydrogens is 342 g/mol. The lowest BCUT2D eigenvalue weighted by Crippen LogP contribution is -2.54. The van der Waals surface area contributed by atoms with E-state index in [1.165, 1.54) is 0 Å². The Kier molecular flexibility index (Phi) is 12.0. The fourth-order valence-electron chi connectivity index (χ4n) is 2.19. The number of aliphatic carboxylic acids is 1. The van der Waals surface area contributed by atoms with Crippen LogP contribution in [0.1, 0.15) is 39.5 Å². The number of nitrogens with one attached hydrogen (secondary N) is 3. The van der Waals surface area contributed by atoms with Crippen molar-refractivity contribution < 1.29 is 24.3 Å². The lowest BCUT2D eigenvalue weighted by atomic mass is 9.98. The second-order valence-electron chi connectivity index (χ2n) is 6.10. The summed E-state index contributed by atoms with van der Waals surface area (Å²) in [6.45, 7) is 3.43. The van der Waals surface area contributed by atoms with Crippen molar-refractivity contribution in [3.63, 3.8) is 0 Å². The number of carbonyl (C=O) groups excluding carboxylic acids is 3. The molecule has 0 bridgehead atoms. The van der Waals surface area contributed by atoms with Crippen LogP contribution in [-0.2, 0) is 19.2 Å². The lowest BCUT2D eigenvalue weighted by Gasteiger charge is -2.24. The normalized spacial score (nSPS) is 14.0. The minimum atomic E-state index is -1.13. The van der Waals surface area contributed by atoms with Crippen molar-refractivity contribution >= 4 is 23.7 Å². The minimum Gasteiger partial charge on any atom is -0.480 e. The van der Waals surface area contributed by atoms with Crippen molar-refractivity contribution in [3.05, 3.63) is 0 Å². The van der Waals surface area contributed by atoms with Crippen LogP contribution in [0.3, 0.4) is 0 Å². The molecule has 0 heterocycles. The number of hydrogen-bond donors (Lipinski definition) is 6. The summed E-state index contributed by atoms with van der Waals surface area (Å²) >= 11 is 0. The van der Waals surface area contributed by atoms with E-state index in [4.69, 9.17) is 11.5 Å².